The molecule has 2 aromatic carbocycles. The largest absolute Gasteiger partial charge is 0.504 e. The molecule has 0 bridgehead atoms. The second-order valence-electron chi connectivity index (χ2n) is 7.59. The van der Waals surface area contributed by atoms with E-state index < -0.39 is 6.50 Å². The van der Waals surface area contributed by atoms with Crippen molar-refractivity contribution in [1.82, 2.24) is 4.90 Å². The van der Waals surface area contributed by atoms with Gasteiger partial charge in [-0.15, -0.1) is 0 Å². The maximum Gasteiger partial charge on any atom is 0.166 e. The van der Waals surface area contributed by atoms with E-state index in [1.807, 2.05) is 35.2 Å². The molecule has 1 fully saturated rings. The standard InChI is InChI=1S/C23H27NO3/c1-27-22-14-20-18(13-21(22)25)12-19(23(20)26)11-16-7-9-24(10-8-16)15-17-5-3-2-4-6-17/h2-6,13-14,16,19,25H,7-12,15H2,1H3/i15D2. The van der Waals surface area contributed by atoms with E-state index in [0.717, 1.165) is 24.8 Å². The number of aromatic hydroxyl groups is 1. The van der Waals surface area contributed by atoms with Gasteiger partial charge in [0.2, 0.25) is 0 Å². The van der Waals surface area contributed by atoms with Crippen LogP contribution in [-0.2, 0) is 12.9 Å². The molecule has 0 saturated carbocycles. The van der Waals surface area contributed by atoms with Gasteiger partial charge in [-0.2, -0.15) is 0 Å². The summed E-state index contributed by atoms with van der Waals surface area (Å²) in [5, 5.41) is 9.99. The summed E-state index contributed by atoms with van der Waals surface area (Å²) in [4.78, 5) is 14.8. The molecule has 1 heterocycles. The summed E-state index contributed by atoms with van der Waals surface area (Å²) in [6.07, 6.45) is 3.26. The van der Waals surface area contributed by atoms with Crippen LogP contribution >= 0.6 is 0 Å². The summed E-state index contributed by atoms with van der Waals surface area (Å²) in [5.41, 5.74) is 2.26. The van der Waals surface area contributed by atoms with Crippen LogP contribution in [0.1, 0.15) is 43.5 Å². The van der Waals surface area contributed by atoms with E-state index in [4.69, 9.17) is 7.48 Å². The van der Waals surface area contributed by atoms with Gasteiger partial charge in [0.05, 0.1) is 7.11 Å². The molecule has 1 saturated heterocycles. The van der Waals surface area contributed by atoms with E-state index in [1.165, 1.54) is 7.11 Å². The monoisotopic (exact) mass is 367 g/mol. The molecule has 27 heavy (non-hydrogen) atoms. The molecule has 1 aliphatic carbocycles. The number of benzene rings is 2. The van der Waals surface area contributed by atoms with Gasteiger partial charge in [0.15, 0.2) is 17.3 Å². The Balaban J connectivity index is 1.37. The quantitative estimate of drug-likeness (QED) is 0.866. The number of hydrogen-bond donors (Lipinski definition) is 1. The van der Waals surface area contributed by atoms with Crippen LogP contribution in [0.2, 0.25) is 0 Å². The van der Waals surface area contributed by atoms with Gasteiger partial charge in [-0.1, -0.05) is 30.3 Å². The van der Waals surface area contributed by atoms with Gasteiger partial charge in [-0.3, -0.25) is 9.69 Å². The zero-order valence-corrected chi connectivity index (χ0v) is 15.6. The number of Topliss-reactive ketones (excluding diaryl/α,β-unsaturated/α-hetero) is 1. The van der Waals surface area contributed by atoms with Crippen molar-refractivity contribution in [3.63, 3.8) is 0 Å². The third-order valence-electron chi connectivity index (χ3n) is 5.80. The Morgan fingerprint density at radius 1 is 1.22 bits per heavy atom. The lowest BCUT2D eigenvalue weighted by Gasteiger charge is -2.32. The average molecular weight is 367 g/mol. The normalized spacial score (nSPS) is 22.3. The Bertz CT molecular complexity index is 892. The van der Waals surface area contributed by atoms with Crippen LogP contribution in [0.3, 0.4) is 0 Å². The zero-order chi connectivity index (χ0) is 20.6. The molecule has 0 spiro atoms. The van der Waals surface area contributed by atoms with Crippen LogP contribution in [-0.4, -0.2) is 36.0 Å². The molecule has 1 atom stereocenters. The number of hydrogen-bond acceptors (Lipinski definition) is 4. The number of rotatable bonds is 5. The van der Waals surface area contributed by atoms with Gasteiger partial charge in [0.25, 0.3) is 0 Å². The van der Waals surface area contributed by atoms with E-state index >= 15 is 0 Å². The highest BCUT2D eigenvalue weighted by Gasteiger charge is 2.34. The van der Waals surface area contributed by atoms with Crippen LogP contribution in [0.15, 0.2) is 42.5 Å². The first-order valence-corrected chi connectivity index (χ1v) is 9.65. The molecule has 0 aromatic heterocycles. The van der Waals surface area contributed by atoms with E-state index in [0.29, 0.717) is 42.3 Å². The predicted molar refractivity (Wildman–Crippen MR) is 105 cm³/mol. The van der Waals surface area contributed by atoms with Crippen molar-refractivity contribution in [2.75, 3.05) is 20.2 Å². The van der Waals surface area contributed by atoms with Crippen LogP contribution in [0.5, 0.6) is 11.5 Å². The smallest absolute Gasteiger partial charge is 0.166 e. The Morgan fingerprint density at radius 2 is 1.96 bits per heavy atom. The lowest BCUT2D eigenvalue weighted by molar-refractivity contribution is 0.0895. The summed E-state index contributed by atoms with van der Waals surface area (Å²) in [7, 11) is 1.49. The number of fused-ring (bicyclic) bond motifs is 1. The molecular weight excluding hydrogens is 338 g/mol. The van der Waals surface area contributed by atoms with Gasteiger partial charge in [-0.25, -0.2) is 0 Å². The zero-order valence-electron chi connectivity index (χ0n) is 17.6. The van der Waals surface area contributed by atoms with Crippen molar-refractivity contribution in [3.8, 4) is 11.5 Å². The average Bonchev–Trinajstić information content (AvgIpc) is 3.02. The van der Waals surface area contributed by atoms with Crippen molar-refractivity contribution in [2.24, 2.45) is 11.8 Å². The number of ketones is 1. The van der Waals surface area contributed by atoms with E-state index in [-0.39, 0.29) is 17.5 Å². The van der Waals surface area contributed by atoms with Gasteiger partial charge in [-0.05, 0) is 68.0 Å². The van der Waals surface area contributed by atoms with Crippen molar-refractivity contribution >= 4 is 5.78 Å². The van der Waals surface area contributed by atoms with Gasteiger partial charge >= 0.3 is 0 Å². The molecule has 2 aromatic rings. The summed E-state index contributed by atoms with van der Waals surface area (Å²) in [6, 6.07) is 12.6. The molecular formula is C23H27NO3. The third-order valence-corrected chi connectivity index (χ3v) is 5.80. The van der Waals surface area contributed by atoms with Gasteiger partial charge in [0, 0.05) is 20.7 Å². The number of phenols is 1. The highest BCUT2D eigenvalue weighted by atomic mass is 16.5. The van der Waals surface area contributed by atoms with Crippen LogP contribution in [0, 0.1) is 11.8 Å². The van der Waals surface area contributed by atoms with Crippen LogP contribution < -0.4 is 4.74 Å². The van der Waals surface area contributed by atoms with Crippen LogP contribution in [0.25, 0.3) is 0 Å². The number of carbonyl (C=O) groups excluding carboxylic acids is 1. The first kappa shape index (κ1) is 15.7. The predicted octanol–water partition coefficient (Wildman–Crippen LogP) is 4.06. The summed E-state index contributed by atoms with van der Waals surface area (Å²) < 4.78 is 22.2. The lowest BCUT2D eigenvalue weighted by atomic mass is 9.85. The van der Waals surface area contributed by atoms with Crippen LogP contribution in [0.4, 0.5) is 0 Å². The highest BCUT2D eigenvalue weighted by Crippen LogP contribution is 2.39. The Kier molecular flexibility index (Phi) is 4.50. The number of methoxy groups -OCH3 is 1. The minimum absolute atomic E-state index is 0.0565. The summed E-state index contributed by atoms with van der Waals surface area (Å²) in [6.45, 7) is -0.0935. The number of ether oxygens (including phenoxy) is 1. The highest BCUT2D eigenvalue weighted by molar-refractivity contribution is 6.02. The minimum atomic E-state index is -1.47. The molecule has 2 aliphatic rings. The fourth-order valence-electron chi connectivity index (χ4n) is 4.32. The molecule has 1 N–H and O–H groups in total. The van der Waals surface area contributed by atoms with Gasteiger partial charge in [0.1, 0.15) is 0 Å². The number of carbonyl (C=O) groups is 1. The number of phenolic OH excluding ortho intramolecular Hbond substituents is 1. The fourth-order valence-corrected chi connectivity index (χ4v) is 4.32. The fraction of sp³-hybridized carbons (Fsp3) is 0.435. The first-order chi connectivity index (χ1) is 13.9. The second kappa shape index (κ2) is 7.73. The molecule has 0 radical (unpaired) electrons. The number of nitrogens with zero attached hydrogens (tertiary/aromatic N) is 1. The van der Waals surface area contributed by atoms with E-state index in [9.17, 15) is 9.90 Å². The molecule has 4 heteroatoms. The summed E-state index contributed by atoms with van der Waals surface area (Å²) >= 11 is 0. The number of piperidine rings is 1. The molecule has 4 nitrogen and oxygen atoms in total. The number of likely N-dealkylation sites (tertiary alicyclic amines) is 1. The third kappa shape index (κ3) is 3.86. The molecule has 1 unspecified atom stereocenters. The minimum Gasteiger partial charge on any atom is -0.504 e. The maximum atomic E-state index is 12.9. The van der Waals surface area contributed by atoms with Crippen molar-refractivity contribution in [1.29, 1.82) is 0 Å². The second-order valence-corrected chi connectivity index (χ2v) is 7.59. The SMILES string of the molecule is [2H]C([2H])(c1ccccc1)N1CCC(CC2Cc3cc(O)c(OC)cc3C2=O)CC1. The van der Waals surface area contributed by atoms with Crippen molar-refractivity contribution < 1.29 is 17.4 Å². The van der Waals surface area contributed by atoms with Crippen molar-refractivity contribution in [3.05, 3.63) is 59.2 Å². The Hall–Kier alpha value is -2.33. The van der Waals surface area contributed by atoms with E-state index in [2.05, 4.69) is 0 Å². The van der Waals surface area contributed by atoms with Gasteiger partial charge < -0.3 is 9.84 Å². The van der Waals surface area contributed by atoms with Crippen molar-refractivity contribution in [2.45, 2.75) is 32.2 Å². The topological polar surface area (TPSA) is 49.8 Å². The summed E-state index contributed by atoms with van der Waals surface area (Å²) in [5.74, 6) is 0.918. The Labute approximate surface area is 163 Å². The lowest BCUT2D eigenvalue weighted by Crippen LogP contribution is -2.34. The Morgan fingerprint density at radius 3 is 2.67 bits per heavy atom. The molecule has 4 rings (SSSR count). The van der Waals surface area contributed by atoms with E-state index in [1.54, 1.807) is 12.1 Å². The molecule has 1 aliphatic heterocycles. The molecule has 0 amide bonds. The maximum absolute atomic E-state index is 12.9. The first-order valence-electron chi connectivity index (χ1n) is 10.6. The molecule has 142 valence electrons.